The average molecular weight is 542 g/mol. The van der Waals surface area contributed by atoms with Crippen molar-refractivity contribution in [2.45, 2.75) is 26.7 Å². The Balaban J connectivity index is 1.82. The number of carbonyl (C=O) groups excluding carboxylic acids is 3. The van der Waals surface area contributed by atoms with Gasteiger partial charge in [-0.2, -0.15) is 0 Å². The van der Waals surface area contributed by atoms with Crippen LogP contribution < -0.4 is 10.1 Å². The second-order valence-electron chi connectivity index (χ2n) is 8.76. The highest BCUT2D eigenvalue weighted by Gasteiger charge is 2.18. The highest BCUT2D eigenvalue weighted by atomic mass is 35.5. The van der Waals surface area contributed by atoms with Gasteiger partial charge in [0.2, 0.25) is 5.91 Å². The SMILES string of the molecule is CCCC(=O)Nc1cc(C(=O)OCC)cc(-c2ccccc2-c2cc(Cl)ccc2OC(=O)c2ccccc2)c1. The van der Waals surface area contributed by atoms with E-state index in [0.29, 0.717) is 51.6 Å². The predicted octanol–water partition coefficient (Wildman–Crippen LogP) is 7.81. The summed E-state index contributed by atoms with van der Waals surface area (Å²) in [6, 6.07) is 26.4. The number of hydrogen-bond acceptors (Lipinski definition) is 5. The Bertz CT molecular complexity index is 1500. The zero-order chi connectivity index (χ0) is 27.8. The van der Waals surface area contributed by atoms with Crippen molar-refractivity contribution in [3.63, 3.8) is 0 Å². The van der Waals surface area contributed by atoms with E-state index < -0.39 is 11.9 Å². The summed E-state index contributed by atoms with van der Waals surface area (Å²) in [4.78, 5) is 37.9. The maximum atomic E-state index is 12.9. The van der Waals surface area contributed by atoms with E-state index in [1.807, 2.05) is 37.3 Å². The molecule has 0 saturated heterocycles. The lowest BCUT2D eigenvalue weighted by Crippen LogP contribution is -2.12. The lowest BCUT2D eigenvalue weighted by Gasteiger charge is -2.16. The minimum Gasteiger partial charge on any atom is -0.462 e. The number of halogens is 1. The average Bonchev–Trinajstić information content (AvgIpc) is 2.94. The van der Waals surface area contributed by atoms with Gasteiger partial charge in [0.05, 0.1) is 17.7 Å². The molecule has 4 aromatic carbocycles. The number of hydrogen-bond donors (Lipinski definition) is 1. The van der Waals surface area contributed by atoms with Crippen LogP contribution in [0.5, 0.6) is 5.75 Å². The fourth-order valence-electron chi connectivity index (χ4n) is 4.14. The first kappa shape index (κ1) is 27.6. The van der Waals surface area contributed by atoms with Crippen LogP contribution in [0.15, 0.2) is 91.0 Å². The lowest BCUT2D eigenvalue weighted by molar-refractivity contribution is -0.116. The van der Waals surface area contributed by atoms with E-state index in [0.717, 1.165) is 11.1 Å². The first-order valence-corrected chi connectivity index (χ1v) is 13.1. The van der Waals surface area contributed by atoms with Crippen LogP contribution in [-0.2, 0) is 9.53 Å². The number of carbonyl (C=O) groups is 3. The van der Waals surface area contributed by atoms with Crippen molar-refractivity contribution >= 4 is 35.1 Å². The summed E-state index contributed by atoms with van der Waals surface area (Å²) in [5.41, 5.74) is 3.94. The fraction of sp³-hybridized carbons (Fsp3) is 0.156. The van der Waals surface area contributed by atoms with Gasteiger partial charge >= 0.3 is 11.9 Å². The van der Waals surface area contributed by atoms with Gasteiger partial charge < -0.3 is 14.8 Å². The topological polar surface area (TPSA) is 81.7 Å². The van der Waals surface area contributed by atoms with Gasteiger partial charge in [0, 0.05) is 22.7 Å². The largest absolute Gasteiger partial charge is 0.462 e. The quantitative estimate of drug-likeness (QED) is 0.173. The van der Waals surface area contributed by atoms with Crippen molar-refractivity contribution in [1.29, 1.82) is 0 Å². The third kappa shape index (κ3) is 6.92. The molecule has 0 atom stereocenters. The van der Waals surface area contributed by atoms with Gasteiger partial charge in [-0.1, -0.05) is 61.0 Å². The van der Waals surface area contributed by atoms with Crippen LogP contribution in [0.1, 0.15) is 47.4 Å². The molecular formula is C32H28ClNO5. The molecule has 6 nitrogen and oxygen atoms in total. The lowest BCUT2D eigenvalue weighted by atomic mass is 9.92. The van der Waals surface area contributed by atoms with E-state index in [4.69, 9.17) is 21.1 Å². The molecule has 4 aromatic rings. The Morgan fingerprint density at radius 3 is 2.18 bits per heavy atom. The van der Waals surface area contributed by atoms with Gasteiger partial charge in [-0.15, -0.1) is 0 Å². The van der Waals surface area contributed by atoms with Crippen molar-refractivity contribution < 1.29 is 23.9 Å². The molecule has 4 rings (SSSR count). The number of amides is 1. The summed E-state index contributed by atoms with van der Waals surface area (Å²) >= 11 is 6.38. The van der Waals surface area contributed by atoms with E-state index >= 15 is 0 Å². The summed E-state index contributed by atoms with van der Waals surface area (Å²) in [7, 11) is 0. The highest BCUT2D eigenvalue weighted by Crippen LogP contribution is 2.40. The molecule has 0 aliphatic heterocycles. The molecule has 0 unspecified atom stereocenters. The van der Waals surface area contributed by atoms with E-state index in [-0.39, 0.29) is 12.5 Å². The summed E-state index contributed by atoms with van der Waals surface area (Å²) in [5, 5.41) is 3.34. The van der Waals surface area contributed by atoms with Crippen LogP contribution >= 0.6 is 11.6 Å². The molecule has 198 valence electrons. The normalized spacial score (nSPS) is 10.5. The molecule has 7 heteroatoms. The molecule has 0 aromatic heterocycles. The first-order valence-electron chi connectivity index (χ1n) is 12.7. The van der Waals surface area contributed by atoms with E-state index in [1.165, 1.54) is 0 Å². The Labute approximate surface area is 232 Å². The van der Waals surface area contributed by atoms with Crippen LogP contribution in [-0.4, -0.2) is 24.5 Å². The molecular weight excluding hydrogens is 514 g/mol. The minimum absolute atomic E-state index is 0.150. The van der Waals surface area contributed by atoms with E-state index in [1.54, 1.807) is 67.6 Å². The molecule has 0 fully saturated rings. The molecule has 0 saturated carbocycles. The molecule has 0 spiro atoms. The zero-order valence-electron chi connectivity index (χ0n) is 21.7. The number of anilines is 1. The van der Waals surface area contributed by atoms with Gasteiger partial charge in [0.1, 0.15) is 5.75 Å². The van der Waals surface area contributed by atoms with Gasteiger partial charge in [-0.05, 0) is 78.6 Å². The predicted molar refractivity (Wildman–Crippen MR) is 153 cm³/mol. The van der Waals surface area contributed by atoms with Gasteiger partial charge in [0.15, 0.2) is 0 Å². The van der Waals surface area contributed by atoms with Gasteiger partial charge in [-0.25, -0.2) is 9.59 Å². The third-order valence-corrected chi connectivity index (χ3v) is 6.12. The van der Waals surface area contributed by atoms with E-state index in [2.05, 4.69) is 5.32 Å². The van der Waals surface area contributed by atoms with Gasteiger partial charge in [0.25, 0.3) is 0 Å². The molecule has 39 heavy (non-hydrogen) atoms. The third-order valence-electron chi connectivity index (χ3n) is 5.89. The minimum atomic E-state index is -0.498. The zero-order valence-corrected chi connectivity index (χ0v) is 22.5. The second kappa shape index (κ2) is 12.9. The molecule has 0 aliphatic carbocycles. The Hall–Kier alpha value is -4.42. The maximum Gasteiger partial charge on any atom is 0.343 e. The van der Waals surface area contributed by atoms with Crippen molar-refractivity contribution in [1.82, 2.24) is 0 Å². The van der Waals surface area contributed by atoms with Crippen molar-refractivity contribution in [2.75, 3.05) is 11.9 Å². The number of nitrogens with one attached hydrogen (secondary N) is 1. The molecule has 0 bridgehead atoms. The highest BCUT2D eigenvalue weighted by molar-refractivity contribution is 6.31. The summed E-state index contributed by atoms with van der Waals surface area (Å²) < 4.78 is 11.0. The molecule has 1 N–H and O–H groups in total. The first-order chi connectivity index (χ1) is 18.9. The molecule has 1 amide bonds. The Morgan fingerprint density at radius 2 is 1.46 bits per heavy atom. The fourth-order valence-corrected chi connectivity index (χ4v) is 4.31. The van der Waals surface area contributed by atoms with Crippen molar-refractivity contribution in [2.24, 2.45) is 0 Å². The van der Waals surface area contributed by atoms with Crippen molar-refractivity contribution in [3.05, 3.63) is 107 Å². The maximum absolute atomic E-state index is 12.9. The smallest absolute Gasteiger partial charge is 0.343 e. The molecule has 0 radical (unpaired) electrons. The number of rotatable bonds is 9. The molecule has 0 aliphatic rings. The Morgan fingerprint density at radius 1 is 0.744 bits per heavy atom. The second-order valence-corrected chi connectivity index (χ2v) is 9.20. The van der Waals surface area contributed by atoms with Gasteiger partial charge in [-0.3, -0.25) is 4.79 Å². The number of ether oxygens (including phenoxy) is 2. The summed E-state index contributed by atoms with van der Waals surface area (Å²) in [5.74, 6) is -0.814. The summed E-state index contributed by atoms with van der Waals surface area (Å²) in [6.07, 6.45) is 1.05. The van der Waals surface area contributed by atoms with Crippen LogP contribution in [0, 0.1) is 0 Å². The Kier molecular flexibility index (Phi) is 9.13. The van der Waals surface area contributed by atoms with Crippen molar-refractivity contribution in [3.8, 4) is 28.0 Å². The van der Waals surface area contributed by atoms with Crippen LogP contribution in [0.25, 0.3) is 22.3 Å². The number of benzene rings is 4. The van der Waals surface area contributed by atoms with Crippen LogP contribution in [0.3, 0.4) is 0 Å². The monoisotopic (exact) mass is 541 g/mol. The van der Waals surface area contributed by atoms with E-state index in [9.17, 15) is 14.4 Å². The summed E-state index contributed by atoms with van der Waals surface area (Å²) in [6.45, 7) is 3.87. The van der Waals surface area contributed by atoms with Crippen LogP contribution in [0.4, 0.5) is 5.69 Å². The van der Waals surface area contributed by atoms with Crippen LogP contribution in [0.2, 0.25) is 5.02 Å². The number of esters is 2. The molecule has 0 heterocycles. The standard InChI is InChI=1S/C32H28ClNO5/c1-3-10-30(35)34-25-18-22(17-23(19-25)31(36)38-4-2)26-13-8-9-14-27(26)28-20-24(33)15-16-29(28)39-32(37)21-11-6-5-7-12-21/h5-9,11-20H,3-4,10H2,1-2H3,(H,34,35).